The van der Waals surface area contributed by atoms with Gasteiger partial charge in [0.05, 0.1) is 34.1 Å². The highest BCUT2D eigenvalue weighted by Crippen LogP contribution is 2.19. The SMILES string of the molecule is Cc1nn(-c2ccc(F)cc2)c(C)c1C(=O)N[C@H]1CCS(=O)(=O)C1. The zero-order chi connectivity index (χ0) is 17.5. The first-order chi connectivity index (χ1) is 11.3. The Kier molecular flexibility index (Phi) is 4.16. The fourth-order valence-electron chi connectivity index (χ4n) is 2.97. The van der Waals surface area contributed by atoms with Gasteiger partial charge in [0.1, 0.15) is 5.82 Å². The van der Waals surface area contributed by atoms with Gasteiger partial charge < -0.3 is 5.32 Å². The highest BCUT2D eigenvalue weighted by molar-refractivity contribution is 7.91. The van der Waals surface area contributed by atoms with Crippen molar-refractivity contribution in [3.05, 3.63) is 47.0 Å². The van der Waals surface area contributed by atoms with Crippen LogP contribution in [0.15, 0.2) is 24.3 Å². The van der Waals surface area contributed by atoms with Gasteiger partial charge in [-0.25, -0.2) is 17.5 Å². The summed E-state index contributed by atoms with van der Waals surface area (Å²) in [6, 6.07) is 5.46. The monoisotopic (exact) mass is 351 g/mol. The largest absolute Gasteiger partial charge is 0.348 e. The average Bonchev–Trinajstić information content (AvgIpc) is 2.99. The first-order valence-electron chi connectivity index (χ1n) is 7.60. The van der Waals surface area contributed by atoms with E-state index in [2.05, 4.69) is 10.4 Å². The molecule has 1 aromatic heterocycles. The van der Waals surface area contributed by atoms with Gasteiger partial charge in [0.15, 0.2) is 9.84 Å². The van der Waals surface area contributed by atoms with Crippen LogP contribution in [-0.4, -0.2) is 41.7 Å². The summed E-state index contributed by atoms with van der Waals surface area (Å²) in [5.41, 5.74) is 2.23. The maximum atomic E-state index is 13.1. The molecule has 0 bridgehead atoms. The number of halogens is 1. The van der Waals surface area contributed by atoms with Crippen LogP contribution in [0, 0.1) is 19.7 Å². The fraction of sp³-hybridized carbons (Fsp3) is 0.375. The number of carbonyl (C=O) groups excluding carboxylic acids is 1. The molecule has 2 heterocycles. The second-order valence-electron chi connectivity index (χ2n) is 6.01. The zero-order valence-corrected chi connectivity index (χ0v) is 14.2. The highest BCUT2D eigenvalue weighted by Gasteiger charge is 2.30. The second kappa shape index (κ2) is 6.01. The van der Waals surface area contributed by atoms with Crippen molar-refractivity contribution in [2.45, 2.75) is 26.3 Å². The van der Waals surface area contributed by atoms with E-state index in [9.17, 15) is 17.6 Å². The molecule has 8 heteroatoms. The van der Waals surface area contributed by atoms with E-state index in [0.717, 1.165) is 0 Å². The normalized spacial score (nSPS) is 19.4. The molecule has 1 aromatic carbocycles. The number of hydrogen-bond acceptors (Lipinski definition) is 4. The molecule has 1 aliphatic rings. The van der Waals surface area contributed by atoms with Gasteiger partial charge in [-0.05, 0) is 44.5 Å². The molecule has 0 unspecified atom stereocenters. The van der Waals surface area contributed by atoms with E-state index in [-0.39, 0.29) is 29.3 Å². The van der Waals surface area contributed by atoms with Crippen LogP contribution in [0.2, 0.25) is 0 Å². The second-order valence-corrected chi connectivity index (χ2v) is 8.24. The smallest absolute Gasteiger partial charge is 0.255 e. The van der Waals surface area contributed by atoms with Crippen molar-refractivity contribution in [3.8, 4) is 5.69 Å². The van der Waals surface area contributed by atoms with Gasteiger partial charge in [-0.1, -0.05) is 0 Å². The molecule has 1 N–H and O–H groups in total. The van der Waals surface area contributed by atoms with Gasteiger partial charge in [-0.3, -0.25) is 4.79 Å². The summed E-state index contributed by atoms with van der Waals surface area (Å²) in [4.78, 5) is 12.5. The molecular weight excluding hydrogens is 333 g/mol. The molecule has 1 aliphatic heterocycles. The topological polar surface area (TPSA) is 81.1 Å². The van der Waals surface area contributed by atoms with Crippen LogP contribution in [0.3, 0.4) is 0 Å². The van der Waals surface area contributed by atoms with E-state index in [1.807, 2.05) is 0 Å². The van der Waals surface area contributed by atoms with Crippen molar-refractivity contribution in [3.63, 3.8) is 0 Å². The number of nitrogens with one attached hydrogen (secondary N) is 1. The summed E-state index contributed by atoms with van der Waals surface area (Å²) in [6.45, 7) is 3.47. The first-order valence-corrected chi connectivity index (χ1v) is 9.42. The summed E-state index contributed by atoms with van der Waals surface area (Å²) >= 11 is 0. The Morgan fingerprint density at radius 3 is 2.54 bits per heavy atom. The molecule has 0 spiro atoms. The van der Waals surface area contributed by atoms with Crippen molar-refractivity contribution < 1.29 is 17.6 Å². The van der Waals surface area contributed by atoms with Crippen molar-refractivity contribution >= 4 is 15.7 Å². The number of carbonyl (C=O) groups is 1. The van der Waals surface area contributed by atoms with Gasteiger partial charge in [-0.2, -0.15) is 5.10 Å². The molecule has 6 nitrogen and oxygen atoms in total. The minimum absolute atomic E-state index is 0.0249. The molecule has 1 amide bonds. The Morgan fingerprint density at radius 2 is 1.96 bits per heavy atom. The van der Waals surface area contributed by atoms with E-state index < -0.39 is 9.84 Å². The van der Waals surface area contributed by atoms with Crippen LogP contribution in [0.4, 0.5) is 4.39 Å². The van der Waals surface area contributed by atoms with Crippen LogP contribution < -0.4 is 5.32 Å². The van der Waals surface area contributed by atoms with E-state index in [1.165, 1.54) is 12.1 Å². The summed E-state index contributed by atoms with van der Waals surface area (Å²) in [5.74, 6) is -0.602. The third-order valence-corrected chi connectivity index (χ3v) is 5.93. The van der Waals surface area contributed by atoms with E-state index in [4.69, 9.17) is 0 Å². The fourth-order valence-corrected chi connectivity index (χ4v) is 4.64. The molecule has 128 valence electrons. The maximum absolute atomic E-state index is 13.1. The lowest BCUT2D eigenvalue weighted by Gasteiger charge is -2.11. The summed E-state index contributed by atoms with van der Waals surface area (Å²) in [5, 5.41) is 7.12. The van der Waals surface area contributed by atoms with E-state index >= 15 is 0 Å². The number of hydrogen-bond donors (Lipinski definition) is 1. The average molecular weight is 351 g/mol. The van der Waals surface area contributed by atoms with Crippen molar-refractivity contribution in [1.82, 2.24) is 15.1 Å². The Morgan fingerprint density at radius 1 is 1.29 bits per heavy atom. The number of rotatable bonds is 3. The maximum Gasteiger partial charge on any atom is 0.255 e. The van der Waals surface area contributed by atoms with E-state index in [1.54, 1.807) is 30.7 Å². The Labute approximate surface area is 139 Å². The minimum atomic E-state index is -3.06. The number of sulfone groups is 1. The van der Waals surface area contributed by atoms with Crippen molar-refractivity contribution in [2.75, 3.05) is 11.5 Å². The Balaban J connectivity index is 1.86. The lowest BCUT2D eigenvalue weighted by Crippen LogP contribution is -2.36. The molecule has 1 atom stereocenters. The molecule has 24 heavy (non-hydrogen) atoms. The summed E-state index contributed by atoms with van der Waals surface area (Å²) in [6.07, 6.45) is 0.429. The number of benzene rings is 1. The molecule has 2 aromatic rings. The quantitative estimate of drug-likeness (QED) is 0.910. The van der Waals surface area contributed by atoms with Crippen LogP contribution in [-0.2, 0) is 9.84 Å². The van der Waals surface area contributed by atoms with Crippen LogP contribution in [0.1, 0.15) is 28.2 Å². The molecule has 3 rings (SSSR count). The third-order valence-electron chi connectivity index (χ3n) is 4.16. The van der Waals surface area contributed by atoms with Crippen molar-refractivity contribution in [1.29, 1.82) is 0 Å². The predicted octanol–water partition coefficient (Wildman–Crippen LogP) is 1.55. The van der Waals surface area contributed by atoms with Gasteiger partial charge in [0, 0.05) is 6.04 Å². The highest BCUT2D eigenvalue weighted by atomic mass is 32.2. The number of aromatic nitrogens is 2. The first kappa shape index (κ1) is 16.6. The molecule has 1 fully saturated rings. The van der Waals surface area contributed by atoms with Gasteiger partial charge in [-0.15, -0.1) is 0 Å². The minimum Gasteiger partial charge on any atom is -0.348 e. The van der Waals surface area contributed by atoms with E-state index in [0.29, 0.717) is 29.1 Å². The number of amides is 1. The van der Waals surface area contributed by atoms with Gasteiger partial charge >= 0.3 is 0 Å². The standard InChI is InChI=1S/C16H18FN3O3S/c1-10-15(16(21)18-13-7-8-24(22,23)9-13)11(2)20(19-10)14-5-3-12(17)4-6-14/h3-6,13H,7-9H2,1-2H3,(H,18,21)/t13-/m0/s1. The van der Waals surface area contributed by atoms with Gasteiger partial charge in [0.2, 0.25) is 0 Å². The molecule has 1 saturated heterocycles. The molecular formula is C16H18FN3O3S. The van der Waals surface area contributed by atoms with Crippen LogP contribution in [0.5, 0.6) is 0 Å². The summed E-state index contributed by atoms with van der Waals surface area (Å²) < 4.78 is 37.7. The number of aryl methyl sites for hydroxylation is 1. The predicted molar refractivity (Wildman–Crippen MR) is 87.5 cm³/mol. The number of nitrogens with zero attached hydrogens (tertiary/aromatic N) is 2. The van der Waals surface area contributed by atoms with Crippen LogP contribution >= 0.6 is 0 Å². The Hall–Kier alpha value is -2.22. The van der Waals surface area contributed by atoms with Gasteiger partial charge in [0.25, 0.3) is 5.91 Å². The Bertz CT molecular complexity index is 888. The zero-order valence-electron chi connectivity index (χ0n) is 13.4. The lowest BCUT2D eigenvalue weighted by atomic mass is 10.1. The lowest BCUT2D eigenvalue weighted by molar-refractivity contribution is 0.0940. The molecule has 0 aliphatic carbocycles. The summed E-state index contributed by atoms with van der Waals surface area (Å²) in [7, 11) is -3.06. The molecule has 0 radical (unpaired) electrons. The van der Waals surface area contributed by atoms with Crippen molar-refractivity contribution in [2.24, 2.45) is 0 Å². The van der Waals surface area contributed by atoms with Crippen LogP contribution in [0.25, 0.3) is 5.69 Å². The third kappa shape index (κ3) is 3.19. The molecule has 0 saturated carbocycles.